The zero-order valence-electron chi connectivity index (χ0n) is 7.55. The van der Waals surface area contributed by atoms with Gasteiger partial charge in [0.2, 0.25) is 0 Å². The van der Waals surface area contributed by atoms with Gasteiger partial charge in [0.05, 0.1) is 6.17 Å². The molecule has 0 rings (SSSR count). The van der Waals surface area contributed by atoms with Gasteiger partial charge in [-0.2, -0.15) is 0 Å². The Balaban J connectivity index is 3.85. The van der Waals surface area contributed by atoms with Crippen LogP contribution in [0.15, 0.2) is 0 Å². The van der Waals surface area contributed by atoms with Gasteiger partial charge in [-0.15, -0.1) is 0 Å². The molecule has 3 heteroatoms. The van der Waals surface area contributed by atoms with E-state index in [9.17, 15) is 4.79 Å². The summed E-state index contributed by atoms with van der Waals surface area (Å²) in [6, 6.07) is 0. The lowest BCUT2D eigenvalue weighted by molar-refractivity contribution is 0.195. The fraction of sp³-hybridized carbons (Fsp3) is 0.875. The zero-order valence-corrected chi connectivity index (χ0v) is 7.55. The Morgan fingerprint density at radius 1 is 1.36 bits per heavy atom. The summed E-state index contributed by atoms with van der Waals surface area (Å²) in [4.78, 5) is 12.2. The van der Waals surface area contributed by atoms with Gasteiger partial charge >= 0.3 is 6.41 Å². The summed E-state index contributed by atoms with van der Waals surface area (Å²) in [5.41, 5.74) is 0. The highest BCUT2D eigenvalue weighted by atomic mass is 16.1. The quantitative estimate of drug-likeness (QED) is 0.455. The van der Waals surface area contributed by atoms with Crippen molar-refractivity contribution in [2.45, 2.75) is 33.4 Å². The first-order chi connectivity index (χ1) is 5.29. The highest BCUT2D eigenvalue weighted by Crippen LogP contribution is 1.98. The molecular weight excluding hydrogens is 140 g/mol. The first kappa shape index (κ1) is 10.4. The van der Waals surface area contributed by atoms with Crippen molar-refractivity contribution in [2.75, 3.05) is 13.1 Å². The minimum absolute atomic E-state index is 0.155. The molecule has 0 spiro atoms. The van der Waals surface area contributed by atoms with Gasteiger partial charge < -0.3 is 5.32 Å². The van der Waals surface area contributed by atoms with E-state index in [1.807, 2.05) is 6.92 Å². The molecule has 0 aliphatic heterocycles. The number of nitrogens with zero attached hydrogens (tertiary/aromatic N) is 1. The number of nitrogens with one attached hydrogen (secondary N) is 1. The van der Waals surface area contributed by atoms with Gasteiger partial charge in [0.1, 0.15) is 0 Å². The minimum Gasteiger partial charge on any atom is -0.332 e. The Bertz CT molecular complexity index is 102. The van der Waals surface area contributed by atoms with Crippen molar-refractivity contribution in [3.8, 4) is 0 Å². The van der Waals surface area contributed by atoms with E-state index in [4.69, 9.17) is 0 Å². The molecule has 0 saturated carbocycles. The summed E-state index contributed by atoms with van der Waals surface area (Å²) in [5.74, 6) is 0. The van der Waals surface area contributed by atoms with E-state index < -0.39 is 0 Å². The third kappa shape index (κ3) is 3.37. The van der Waals surface area contributed by atoms with E-state index in [1.54, 1.807) is 6.41 Å². The monoisotopic (exact) mass is 157 g/mol. The molecule has 1 N–H and O–H groups in total. The van der Waals surface area contributed by atoms with Crippen molar-refractivity contribution in [1.29, 1.82) is 0 Å². The first-order valence-electron chi connectivity index (χ1n) is 4.16. The molecule has 65 valence electrons. The van der Waals surface area contributed by atoms with Gasteiger partial charge in [-0.25, -0.2) is 0 Å². The third-order valence-corrected chi connectivity index (χ3v) is 1.87. The first-order valence-corrected chi connectivity index (χ1v) is 4.16. The molecule has 11 heavy (non-hydrogen) atoms. The number of hydrogen-bond acceptors (Lipinski definition) is 2. The normalized spacial score (nSPS) is 13.1. The summed E-state index contributed by atoms with van der Waals surface area (Å²) in [6.07, 6.45) is 2.81. The molecular formula is C8H17N2O. The molecule has 0 aromatic carbocycles. The average Bonchev–Trinajstić information content (AvgIpc) is 2.05. The van der Waals surface area contributed by atoms with Gasteiger partial charge in [-0.3, -0.25) is 9.69 Å². The van der Waals surface area contributed by atoms with Crippen LogP contribution in [0.5, 0.6) is 0 Å². The van der Waals surface area contributed by atoms with Crippen LogP contribution in [0, 0.1) is 0 Å². The van der Waals surface area contributed by atoms with Gasteiger partial charge in [-0.1, -0.05) is 20.8 Å². The van der Waals surface area contributed by atoms with Crippen LogP contribution in [0.1, 0.15) is 27.2 Å². The van der Waals surface area contributed by atoms with Crippen LogP contribution >= 0.6 is 0 Å². The molecule has 0 aliphatic rings. The fourth-order valence-corrected chi connectivity index (χ4v) is 1.18. The number of amides is 1. The topological polar surface area (TPSA) is 32.3 Å². The number of rotatable bonds is 6. The van der Waals surface area contributed by atoms with Crippen LogP contribution in [0.3, 0.4) is 0 Å². The molecule has 3 nitrogen and oxygen atoms in total. The molecule has 0 heterocycles. The smallest absolute Gasteiger partial charge is 0.310 e. The maximum absolute atomic E-state index is 10.0. The van der Waals surface area contributed by atoms with Crippen molar-refractivity contribution in [3.05, 3.63) is 0 Å². The predicted molar refractivity (Wildman–Crippen MR) is 45.8 cm³/mol. The van der Waals surface area contributed by atoms with Crippen molar-refractivity contribution in [2.24, 2.45) is 0 Å². The third-order valence-electron chi connectivity index (χ3n) is 1.87. The van der Waals surface area contributed by atoms with Gasteiger partial charge in [0.25, 0.3) is 0 Å². The minimum atomic E-state index is 0.155. The molecule has 0 bridgehead atoms. The van der Waals surface area contributed by atoms with Crippen LogP contribution in [-0.4, -0.2) is 30.6 Å². The predicted octanol–water partition coefficient (Wildman–Crippen LogP) is 0.721. The van der Waals surface area contributed by atoms with Crippen LogP contribution < -0.4 is 5.32 Å². The number of carbonyl (C=O) groups excluding carboxylic acids is 1. The van der Waals surface area contributed by atoms with Crippen LogP contribution in [-0.2, 0) is 4.79 Å². The molecule has 0 saturated heterocycles. The summed E-state index contributed by atoms with van der Waals surface area (Å²) in [7, 11) is 0. The largest absolute Gasteiger partial charge is 0.332 e. The second-order valence-corrected chi connectivity index (χ2v) is 2.39. The Labute approximate surface area is 68.8 Å². The lowest BCUT2D eigenvalue weighted by Crippen LogP contribution is -2.44. The Hall–Kier alpha value is -0.570. The van der Waals surface area contributed by atoms with E-state index in [0.717, 1.165) is 19.5 Å². The maximum atomic E-state index is 10.0. The van der Waals surface area contributed by atoms with E-state index in [-0.39, 0.29) is 6.17 Å². The van der Waals surface area contributed by atoms with Gasteiger partial charge in [0.15, 0.2) is 0 Å². The highest BCUT2D eigenvalue weighted by Gasteiger charge is 2.11. The van der Waals surface area contributed by atoms with E-state index >= 15 is 0 Å². The zero-order chi connectivity index (χ0) is 8.69. The maximum Gasteiger partial charge on any atom is 0.310 e. The molecule has 1 atom stereocenters. The Kier molecular flexibility index (Phi) is 5.84. The van der Waals surface area contributed by atoms with E-state index in [1.165, 1.54) is 0 Å². The Morgan fingerprint density at radius 2 is 1.91 bits per heavy atom. The van der Waals surface area contributed by atoms with Crippen molar-refractivity contribution >= 4 is 6.41 Å². The van der Waals surface area contributed by atoms with Crippen molar-refractivity contribution in [1.82, 2.24) is 10.2 Å². The molecule has 1 amide bonds. The van der Waals surface area contributed by atoms with Crippen molar-refractivity contribution in [3.63, 3.8) is 0 Å². The second kappa shape index (κ2) is 6.16. The van der Waals surface area contributed by atoms with E-state index in [2.05, 4.69) is 24.1 Å². The summed E-state index contributed by atoms with van der Waals surface area (Å²) in [6.45, 7) is 8.14. The molecule has 1 unspecified atom stereocenters. The molecule has 0 fully saturated rings. The lowest BCUT2D eigenvalue weighted by atomic mass is 10.3. The molecule has 1 radical (unpaired) electrons. The standard InChI is InChI=1S/C8H17N2O/c1-4-8(9-7-11)10(5-2)6-3/h8H,4-6H2,1-3H3,(H,9,11). The van der Waals surface area contributed by atoms with E-state index in [0.29, 0.717) is 0 Å². The average molecular weight is 157 g/mol. The van der Waals surface area contributed by atoms with Crippen LogP contribution in [0.2, 0.25) is 0 Å². The summed E-state index contributed by atoms with van der Waals surface area (Å²) < 4.78 is 0. The fourth-order valence-electron chi connectivity index (χ4n) is 1.18. The molecule has 0 aromatic heterocycles. The summed E-state index contributed by atoms with van der Waals surface area (Å²) in [5, 5.41) is 2.65. The van der Waals surface area contributed by atoms with Gasteiger partial charge in [0, 0.05) is 0 Å². The number of hydrogen-bond donors (Lipinski definition) is 1. The van der Waals surface area contributed by atoms with Crippen LogP contribution in [0.4, 0.5) is 0 Å². The molecule has 0 aliphatic carbocycles. The van der Waals surface area contributed by atoms with Crippen LogP contribution in [0.25, 0.3) is 0 Å². The summed E-state index contributed by atoms with van der Waals surface area (Å²) >= 11 is 0. The lowest BCUT2D eigenvalue weighted by Gasteiger charge is -2.27. The van der Waals surface area contributed by atoms with Gasteiger partial charge in [-0.05, 0) is 19.5 Å². The SMILES string of the molecule is CCC(N[C]=O)N(CC)CC. The van der Waals surface area contributed by atoms with Crippen molar-refractivity contribution < 1.29 is 4.79 Å². The Morgan fingerprint density at radius 3 is 2.18 bits per heavy atom. The highest BCUT2D eigenvalue weighted by molar-refractivity contribution is 5.47. The molecule has 0 aromatic rings. The second-order valence-electron chi connectivity index (χ2n) is 2.39.